The molecule has 1 atom stereocenters. The van der Waals surface area contributed by atoms with Gasteiger partial charge in [0.2, 0.25) is 5.78 Å². The number of piperidine rings is 1. The average molecular weight is 260 g/mol. The highest BCUT2D eigenvalue weighted by molar-refractivity contribution is 5.34. The van der Waals surface area contributed by atoms with E-state index in [2.05, 4.69) is 34.1 Å². The second-order valence-corrected chi connectivity index (χ2v) is 5.47. The average Bonchev–Trinajstić information content (AvgIpc) is 2.71. The highest BCUT2D eigenvalue weighted by Gasteiger charge is 2.18. The normalized spacial score (nSPS) is 21.1. The van der Waals surface area contributed by atoms with Crippen LogP contribution in [-0.4, -0.2) is 43.6 Å². The summed E-state index contributed by atoms with van der Waals surface area (Å²) in [5, 5.41) is 9.70. The van der Waals surface area contributed by atoms with E-state index in [0.29, 0.717) is 0 Å². The van der Waals surface area contributed by atoms with Gasteiger partial charge in [-0.05, 0) is 39.3 Å². The van der Waals surface area contributed by atoms with Crippen molar-refractivity contribution in [2.75, 3.05) is 13.1 Å². The van der Waals surface area contributed by atoms with Crippen LogP contribution in [0.2, 0.25) is 0 Å². The molecule has 1 aliphatic rings. The molecule has 102 valence electrons. The van der Waals surface area contributed by atoms with Gasteiger partial charge in [0, 0.05) is 30.7 Å². The predicted octanol–water partition coefficient (Wildman–Crippen LogP) is 1.30. The molecule has 1 fully saturated rings. The van der Waals surface area contributed by atoms with E-state index < -0.39 is 0 Å². The molecular formula is C14H20N4O. The van der Waals surface area contributed by atoms with Gasteiger partial charge in [0.15, 0.2) is 0 Å². The Morgan fingerprint density at radius 1 is 1.37 bits per heavy atom. The topological polar surface area (TPSA) is 53.7 Å². The van der Waals surface area contributed by atoms with E-state index in [9.17, 15) is 5.11 Å². The maximum absolute atomic E-state index is 9.70. The van der Waals surface area contributed by atoms with Crippen LogP contribution in [0.15, 0.2) is 12.3 Å². The molecule has 2 aromatic rings. The summed E-state index contributed by atoms with van der Waals surface area (Å²) in [6.45, 7) is 6.63. The third-order valence-corrected chi connectivity index (χ3v) is 3.68. The lowest BCUT2D eigenvalue weighted by Crippen LogP contribution is -2.37. The second kappa shape index (κ2) is 4.90. The molecule has 0 radical (unpaired) electrons. The van der Waals surface area contributed by atoms with Crippen LogP contribution < -0.4 is 0 Å². The molecule has 19 heavy (non-hydrogen) atoms. The van der Waals surface area contributed by atoms with E-state index in [1.165, 1.54) is 0 Å². The minimum Gasteiger partial charge on any atom is -0.392 e. The Bertz CT molecular complexity index is 592. The van der Waals surface area contributed by atoms with Gasteiger partial charge >= 0.3 is 0 Å². The monoisotopic (exact) mass is 260 g/mol. The molecule has 0 aliphatic carbocycles. The summed E-state index contributed by atoms with van der Waals surface area (Å²) in [6, 6.07) is 2.06. The predicted molar refractivity (Wildman–Crippen MR) is 73.0 cm³/mol. The van der Waals surface area contributed by atoms with Crippen LogP contribution in [0.1, 0.15) is 29.9 Å². The Hall–Kier alpha value is -1.46. The summed E-state index contributed by atoms with van der Waals surface area (Å²) in [6.07, 6.45) is 3.85. The lowest BCUT2D eigenvalue weighted by Gasteiger charge is -2.29. The Morgan fingerprint density at radius 3 is 3.00 bits per heavy atom. The van der Waals surface area contributed by atoms with Gasteiger partial charge in [-0.25, -0.2) is 9.97 Å². The van der Waals surface area contributed by atoms with E-state index in [1.54, 1.807) is 0 Å². The number of β-amino-alcohol motifs (C(OH)–C–C–N with tert-alkyl or cyclic N) is 1. The lowest BCUT2D eigenvalue weighted by molar-refractivity contribution is 0.0663. The highest BCUT2D eigenvalue weighted by atomic mass is 16.3. The number of aliphatic hydroxyl groups is 1. The zero-order chi connectivity index (χ0) is 13.4. The van der Waals surface area contributed by atoms with Crippen LogP contribution in [-0.2, 0) is 6.54 Å². The van der Waals surface area contributed by atoms with Crippen LogP contribution in [0, 0.1) is 13.8 Å². The van der Waals surface area contributed by atoms with Crippen LogP contribution in [0.4, 0.5) is 0 Å². The van der Waals surface area contributed by atoms with Crippen molar-refractivity contribution in [3.63, 3.8) is 0 Å². The van der Waals surface area contributed by atoms with Crippen molar-refractivity contribution in [2.45, 2.75) is 39.3 Å². The molecule has 1 N–H and O–H groups in total. The fourth-order valence-corrected chi connectivity index (χ4v) is 2.80. The molecule has 2 aromatic heterocycles. The first kappa shape index (κ1) is 12.6. The number of fused-ring (bicyclic) bond motifs is 1. The van der Waals surface area contributed by atoms with Gasteiger partial charge in [0.1, 0.15) is 0 Å². The first-order chi connectivity index (χ1) is 9.11. The Labute approximate surface area is 112 Å². The Kier molecular flexibility index (Phi) is 3.24. The summed E-state index contributed by atoms with van der Waals surface area (Å²) >= 11 is 0. The Balaban J connectivity index is 1.83. The maximum atomic E-state index is 9.70. The quantitative estimate of drug-likeness (QED) is 0.884. The van der Waals surface area contributed by atoms with Crippen LogP contribution in [0.25, 0.3) is 5.78 Å². The van der Waals surface area contributed by atoms with Crippen LogP contribution in [0.5, 0.6) is 0 Å². The number of imidazole rings is 1. The Morgan fingerprint density at radius 2 is 2.21 bits per heavy atom. The minimum atomic E-state index is -0.187. The third-order valence-electron chi connectivity index (χ3n) is 3.68. The van der Waals surface area contributed by atoms with Gasteiger partial charge in [-0.2, -0.15) is 0 Å². The van der Waals surface area contributed by atoms with Gasteiger partial charge in [0.05, 0.1) is 11.8 Å². The largest absolute Gasteiger partial charge is 0.392 e. The van der Waals surface area contributed by atoms with E-state index in [-0.39, 0.29) is 6.10 Å². The molecule has 0 amide bonds. The van der Waals surface area contributed by atoms with Crippen molar-refractivity contribution in [3.8, 4) is 0 Å². The van der Waals surface area contributed by atoms with Crippen molar-refractivity contribution < 1.29 is 5.11 Å². The van der Waals surface area contributed by atoms with Crippen molar-refractivity contribution in [3.05, 3.63) is 29.3 Å². The van der Waals surface area contributed by atoms with Crippen LogP contribution in [0.3, 0.4) is 0 Å². The number of likely N-dealkylation sites (tertiary alicyclic amines) is 1. The van der Waals surface area contributed by atoms with Crippen molar-refractivity contribution in [2.24, 2.45) is 0 Å². The zero-order valence-corrected chi connectivity index (χ0v) is 11.5. The number of nitrogens with zero attached hydrogens (tertiary/aromatic N) is 4. The van der Waals surface area contributed by atoms with Crippen LogP contribution >= 0.6 is 0 Å². The molecule has 1 unspecified atom stereocenters. The number of aromatic nitrogens is 3. The standard InChI is InChI=1S/C14H20N4O/c1-10-6-11(2)18-8-12(16-14(18)15-10)7-17-5-3-4-13(19)9-17/h6,8,13,19H,3-5,7,9H2,1-2H3. The molecule has 3 rings (SSSR count). The highest BCUT2D eigenvalue weighted by Crippen LogP contribution is 2.14. The summed E-state index contributed by atoms with van der Waals surface area (Å²) < 4.78 is 2.03. The van der Waals surface area contributed by atoms with E-state index in [1.807, 2.05) is 11.3 Å². The smallest absolute Gasteiger partial charge is 0.234 e. The minimum absolute atomic E-state index is 0.187. The molecule has 3 heterocycles. The summed E-state index contributed by atoms with van der Waals surface area (Å²) in [7, 11) is 0. The molecule has 0 spiro atoms. The first-order valence-electron chi connectivity index (χ1n) is 6.84. The SMILES string of the molecule is Cc1cc(C)n2cc(CN3CCCC(O)C3)nc2n1. The molecule has 0 saturated carbocycles. The van der Waals surface area contributed by atoms with Gasteiger partial charge < -0.3 is 5.11 Å². The summed E-state index contributed by atoms with van der Waals surface area (Å²) in [5.41, 5.74) is 3.17. The molecule has 5 heteroatoms. The van der Waals surface area contributed by atoms with E-state index in [4.69, 9.17) is 0 Å². The molecule has 0 aromatic carbocycles. The third kappa shape index (κ3) is 2.62. The van der Waals surface area contributed by atoms with E-state index in [0.717, 1.165) is 55.3 Å². The summed E-state index contributed by atoms with van der Waals surface area (Å²) in [4.78, 5) is 11.3. The lowest BCUT2D eigenvalue weighted by atomic mass is 10.1. The van der Waals surface area contributed by atoms with E-state index >= 15 is 0 Å². The number of hydrogen-bond donors (Lipinski definition) is 1. The van der Waals surface area contributed by atoms with Crippen molar-refractivity contribution >= 4 is 5.78 Å². The first-order valence-corrected chi connectivity index (χ1v) is 6.84. The van der Waals surface area contributed by atoms with Crippen molar-refractivity contribution in [1.82, 2.24) is 19.3 Å². The molecule has 0 bridgehead atoms. The molecular weight excluding hydrogens is 240 g/mol. The van der Waals surface area contributed by atoms with Gasteiger partial charge in [0.25, 0.3) is 0 Å². The number of aryl methyl sites for hydroxylation is 2. The van der Waals surface area contributed by atoms with Gasteiger partial charge in [-0.3, -0.25) is 9.30 Å². The van der Waals surface area contributed by atoms with Gasteiger partial charge in [-0.1, -0.05) is 0 Å². The van der Waals surface area contributed by atoms with Gasteiger partial charge in [-0.15, -0.1) is 0 Å². The fourth-order valence-electron chi connectivity index (χ4n) is 2.80. The number of aliphatic hydroxyl groups excluding tert-OH is 1. The molecule has 5 nitrogen and oxygen atoms in total. The maximum Gasteiger partial charge on any atom is 0.234 e. The fraction of sp³-hybridized carbons (Fsp3) is 0.571. The summed E-state index contributed by atoms with van der Waals surface area (Å²) in [5.74, 6) is 0.769. The zero-order valence-electron chi connectivity index (χ0n) is 11.5. The number of rotatable bonds is 2. The molecule has 1 saturated heterocycles. The van der Waals surface area contributed by atoms with Crippen molar-refractivity contribution in [1.29, 1.82) is 0 Å². The number of hydrogen-bond acceptors (Lipinski definition) is 4. The second-order valence-electron chi connectivity index (χ2n) is 5.47. The molecule has 1 aliphatic heterocycles.